The summed E-state index contributed by atoms with van der Waals surface area (Å²) < 4.78 is 11.6. The highest BCUT2D eigenvalue weighted by atomic mass is 35.5. The lowest BCUT2D eigenvalue weighted by Gasteiger charge is -2.20. The van der Waals surface area contributed by atoms with E-state index in [4.69, 9.17) is 32.7 Å². The van der Waals surface area contributed by atoms with Crippen LogP contribution in [0.4, 0.5) is 0 Å². The monoisotopic (exact) mass is 422 g/mol. The van der Waals surface area contributed by atoms with Gasteiger partial charge in [0.05, 0.1) is 22.2 Å². The first-order valence-electron chi connectivity index (χ1n) is 8.85. The first kappa shape index (κ1) is 22.1. The van der Waals surface area contributed by atoms with Crippen LogP contribution in [0.15, 0.2) is 42.5 Å². The molecule has 150 valence electrons. The average Bonchev–Trinajstić information content (AvgIpc) is 2.59. The van der Waals surface area contributed by atoms with E-state index in [1.807, 2.05) is 12.1 Å². The first-order chi connectivity index (χ1) is 13.1. The zero-order chi connectivity index (χ0) is 20.9. The van der Waals surface area contributed by atoms with Crippen molar-refractivity contribution in [3.05, 3.63) is 63.6 Å². The number of benzene rings is 2. The Morgan fingerprint density at radius 3 is 2.25 bits per heavy atom. The molecule has 4 nitrogen and oxygen atoms in total. The Balaban J connectivity index is 2.19. The summed E-state index contributed by atoms with van der Waals surface area (Å²) in [7, 11) is 0. The van der Waals surface area contributed by atoms with Gasteiger partial charge < -0.3 is 14.6 Å². The molecular formula is C22H24Cl2O4. The van der Waals surface area contributed by atoms with Crippen LogP contribution in [0, 0.1) is 5.41 Å². The molecule has 0 unspecified atom stereocenters. The third kappa shape index (κ3) is 5.91. The number of carbonyl (C=O) groups is 1. The van der Waals surface area contributed by atoms with Gasteiger partial charge in [0, 0.05) is 12.1 Å². The van der Waals surface area contributed by atoms with Crippen LogP contribution in [-0.4, -0.2) is 17.7 Å². The van der Waals surface area contributed by atoms with Crippen molar-refractivity contribution < 1.29 is 19.4 Å². The third-order valence-electron chi connectivity index (χ3n) is 3.84. The van der Waals surface area contributed by atoms with Gasteiger partial charge in [-0.25, -0.2) is 4.79 Å². The van der Waals surface area contributed by atoms with Gasteiger partial charge in [0.25, 0.3) is 0 Å². The fourth-order valence-electron chi connectivity index (χ4n) is 2.51. The van der Waals surface area contributed by atoms with Crippen LogP contribution < -0.4 is 9.47 Å². The number of ether oxygens (including phenoxy) is 2. The molecule has 0 aromatic heterocycles. The van der Waals surface area contributed by atoms with Crippen LogP contribution >= 0.6 is 23.2 Å². The quantitative estimate of drug-likeness (QED) is 0.518. The number of hydrogen-bond acceptors (Lipinski definition) is 3. The zero-order valence-electron chi connectivity index (χ0n) is 16.4. The van der Waals surface area contributed by atoms with Gasteiger partial charge in [-0.2, -0.15) is 0 Å². The lowest BCUT2D eigenvalue weighted by atomic mass is 9.99. The van der Waals surface area contributed by atoms with Gasteiger partial charge >= 0.3 is 5.97 Å². The van der Waals surface area contributed by atoms with Gasteiger partial charge in [0.1, 0.15) is 12.4 Å². The molecule has 0 aliphatic heterocycles. The van der Waals surface area contributed by atoms with Crippen LogP contribution in [0.5, 0.6) is 11.5 Å². The Bertz CT molecular complexity index is 859. The summed E-state index contributed by atoms with van der Waals surface area (Å²) in [6, 6.07) is 10.5. The van der Waals surface area contributed by atoms with Gasteiger partial charge in [0.2, 0.25) is 0 Å². The lowest BCUT2D eigenvalue weighted by Crippen LogP contribution is -2.17. The summed E-state index contributed by atoms with van der Waals surface area (Å²) in [5.74, 6) is -0.0836. The zero-order valence-corrected chi connectivity index (χ0v) is 17.9. The Kier molecular flexibility index (Phi) is 7.39. The lowest BCUT2D eigenvalue weighted by molar-refractivity contribution is -0.130. The second-order valence-electron chi connectivity index (χ2n) is 7.52. The standard InChI is InChI=1S/C22H24Cl2O4/c1-5-16(21(25)26)17-9-7-6-8-14(17)12-27-15-10-18(23)20(19(24)11-15)28-13-22(2,3)4/h5-11H,12-13H2,1-4H3,(H,25,26)/b16-5+. The van der Waals surface area contributed by atoms with Crippen molar-refractivity contribution in [3.63, 3.8) is 0 Å². The molecule has 0 bridgehead atoms. The van der Waals surface area contributed by atoms with Crippen LogP contribution in [0.3, 0.4) is 0 Å². The molecule has 6 heteroatoms. The van der Waals surface area contributed by atoms with Crippen LogP contribution in [0.25, 0.3) is 5.57 Å². The molecule has 0 amide bonds. The molecule has 0 radical (unpaired) electrons. The summed E-state index contributed by atoms with van der Waals surface area (Å²) in [6.45, 7) is 8.51. The summed E-state index contributed by atoms with van der Waals surface area (Å²) in [5, 5.41) is 10.1. The average molecular weight is 423 g/mol. The molecule has 0 aliphatic carbocycles. The maximum absolute atomic E-state index is 11.5. The number of allylic oxidation sites excluding steroid dienone is 1. The highest BCUT2D eigenvalue weighted by Gasteiger charge is 2.17. The smallest absolute Gasteiger partial charge is 0.335 e. The summed E-state index contributed by atoms with van der Waals surface area (Å²) in [5.41, 5.74) is 1.56. The van der Waals surface area contributed by atoms with Crippen LogP contribution in [0.1, 0.15) is 38.8 Å². The molecule has 1 N–H and O–H groups in total. The molecule has 0 atom stereocenters. The number of halogens is 2. The summed E-state index contributed by atoms with van der Waals surface area (Å²) in [4.78, 5) is 11.5. The van der Waals surface area contributed by atoms with Crippen LogP contribution in [-0.2, 0) is 11.4 Å². The molecule has 0 saturated heterocycles. The number of rotatable bonds is 7. The predicted molar refractivity (Wildman–Crippen MR) is 113 cm³/mol. The van der Waals surface area contributed by atoms with Crippen LogP contribution in [0.2, 0.25) is 10.0 Å². The summed E-state index contributed by atoms with van der Waals surface area (Å²) in [6.07, 6.45) is 1.57. The molecular weight excluding hydrogens is 399 g/mol. The van der Waals surface area contributed by atoms with E-state index in [1.54, 1.807) is 37.3 Å². The Morgan fingerprint density at radius 2 is 1.71 bits per heavy atom. The highest BCUT2D eigenvalue weighted by Crippen LogP contribution is 2.38. The van der Waals surface area contributed by atoms with E-state index in [9.17, 15) is 9.90 Å². The SMILES string of the molecule is C/C=C(/C(=O)O)c1ccccc1COc1cc(Cl)c(OCC(C)(C)C)c(Cl)c1. The fraction of sp³-hybridized carbons (Fsp3) is 0.318. The molecule has 0 spiro atoms. The van der Waals surface area contributed by atoms with Gasteiger partial charge in [-0.15, -0.1) is 0 Å². The maximum atomic E-state index is 11.5. The van der Waals surface area contributed by atoms with Crippen molar-refractivity contribution in [2.24, 2.45) is 5.41 Å². The van der Waals surface area contributed by atoms with Gasteiger partial charge in [0.15, 0.2) is 5.75 Å². The van der Waals surface area contributed by atoms with E-state index in [2.05, 4.69) is 20.8 Å². The maximum Gasteiger partial charge on any atom is 0.335 e. The van der Waals surface area contributed by atoms with Gasteiger partial charge in [-0.1, -0.05) is 74.3 Å². The molecule has 0 aliphatic rings. The minimum atomic E-state index is -0.985. The van der Waals surface area contributed by atoms with Crippen molar-refractivity contribution in [2.45, 2.75) is 34.3 Å². The highest BCUT2D eigenvalue weighted by molar-refractivity contribution is 6.37. The van der Waals surface area contributed by atoms with E-state index in [1.165, 1.54) is 0 Å². The molecule has 0 saturated carbocycles. The van der Waals surface area contributed by atoms with Crippen molar-refractivity contribution in [3.8, 4) is 11.5 Å². The minimum absolute atomic E-state index is 0.0276. The minimum Gasteiger partial charge on any atom is -0.490 e. The second kappa shape index (κ2) is 9.35. The fourth-order valence-corrected chi connectivity index (χ4v) is 3.09. The number of carboxylic acid groups (broad SMARTS) is 1. The molecule has 2 aromatic carbocycles. The van der Waals surface area contributed by atoms with Crippen molar-refractivity contribution in [1.29, 1.82) is 0 Å². The normalized spacial score (nSPS) is 12.0. The van der Waals surface area contributed by atoms with E-state index in [-0.39, 0.29) is 17.6 Å². The van der Waals surface area contributed by atoms with Gasteiger partial charge in [-0.3, -0.25) is 0 Å². The number of hydrogen-bond donors (Lipinski definition) is 1. The largest absolute Gasteiger partial charge is 0.490 e. The molecule has 0 heterocycles. The van der Waals surface area contributed by atoms with Crippen molar-refractivity contribution in [1.82, 2.24) is 0 Å². The molecule has 28 heavy (non-hydrogen) atoms. The number of carboxylic acids is 1. The van der Waals surface area contributed by atoms with E-state index >= 15 is 0 Å². The third-order valence-corrected chi connectivity index (χ3v) is 4.40. The first-order valence-corrected chi connectivity index (χ1v) is 9.60. The van der Waals surface area contributed by atoms with E-state index < -0.39 is 5.97 Å². The van der Waals surface area contributed by atoms with E-state index in [0.717, 1.165) is 5.56 Å². The summed E-state index contributed by atoms with van der Waals surface area (Å²) >= 11 is 12.6. The molecule has 2 aromatic rings. The van der Waals surface area contributed by atoms with Crippen molar-refractivity contribution >= 4 is 34.7 Å². The molecule has 2 rings (SSSR count). The Labute approximate surface area is 175 Å². The van der Waals surface area contributed by atoms with E-state index in [0.29, 0.717) is 33.7 Å². The van der Waals surface area contributed by atoms with Gasteiger partial charge in [-0.05, 0) is 23.5 Å². The predicted octanol–water partition coefficient (Wildman–Crippen LogP) is 6.49. The second-order valence-corrected chi connectivity index (χ2v) is 8.33. The van der Waals surface area contributed by atoms with Crippen molar-refractivity contribution in [2.75, 3.05) is 6.61 Å². The Hall–Kier alpha value is -2.17. The molecule has 0 fully saturated rings. The topological polar surface area (TPSA) is 55.8 Å². The Morgan fingerprint density at radius 1 is 1.11 bits per heavy atom. The number of aliphatic carboxylic acids is 1.